The second-order valence-corrected chi connectivity index (χ2v) is 3.86. The van der Waals surface area contributed by atoms with Crippen LogP contribution in [0.4, 0.5) is 10.3 Å². The highest BCUT2D eigenvalue weighted by Crippen LogP contribution is 2.10. The first-order valence-electron chi connectivity index (χ1n) is 5.32. The molecule has 2 rings (SSSR count). The van der Waals surface area contributed by atoms with Crippen LogP contribution in [-0.2, 0) is 4.79 Å². The number of nitrogens with zero attached hydrogens (tertiary/aromatic N) is 4. The van der Waals surface area contributed by atoms with Gasteiger partial charge in [0.15, 0.2) is 5.82 Å². The molecular weight excluding hydrogens is 227 g/mol. The van der Waals surface area contributed by atoms with E-state index in [1.165, 1.54) is 0 Å². The molecular formula is C10H13FN4O2. The highest BCUT2D eigenvalue weighted by Gasteiger charge is 2.20. The Labute approximate surface area is 97.7 Å². The van der Waals surface area contributed by atoms with Crippen molar-refractivity contribution in [2.75, 3.05) is 37.6 Å². The molecule has 1 aliphatic rings. The van der Waals surface area contributed by atoms with E-state index in [4.69, 9.17) is 5.11 Å². The molecule has 0 amide bonds. The number of carbonyl (C=O) groups is 1. The van der Waals surface area contributed by atoms with Gasteiger partial charge in [-0.1, -0.05) is 0 Å². The first-order chi connectivity index (χ1) is 8.15. The minimum atomic E-state index is -0.823. The summed E-state index contributed by atoms with van der Waals surface area (Å²) in [5.74, 6) is -0.795. The highest BCUT2D eigenvalue weighted by atomic mass is 19.1. The molecule has 6 nitrogen and oxygen atoms in total. The first-order valence-corrected chi connectivity index (χ1v) is 5.32. The number of hydrogen-bond acceptors (Lipinski definition) is 5. The van der Waals surface area contributed by atoms with Crippen LogP contribution in [-0.4, -0.2) is 58.7 Å². The average Bonchev–Trinajstić information content (AvgIpc) is 2.30. The van der Waals surface area contributed by atoms with Gasteiger partial charge in [-0.15, -0.1) is 0 Å². The Morgan fingerprint density at radius 1 is 1.29 bits per heavy atom. The molecule has 1 N–H and O–H groups in total. The molecule has 0 aliphatic carbocycles. The second-order valence-electron chi connectivity index (χ2n) is 3.86. The summed E-state index contributed by atoms with van der Waals surface area (Å²) in [5.41, 5.74) is 0. The van der Waals surface area contributed by atoms with Gasteiger partial charge in [0.1, 0.15) is 0 Å². The molecule has 1 fully saturated rings. The number of halogens is 1. The molecule has 0 unspecified atom stereocenters. The van der Waals surface area contributed by atoms with Gasteiger partial charge < -0.3 is 10.0 Å². The molecule has 7 heteroatoms. The van der Waals surface area contributed by atoms with Gasteiger partial charge in [-0.25, -0.2) is 14.4 Å². The lowest BCUT2D eigenvalue weighted by Gasteiger charge is -2.33. The summed E-state index contributed by atoms with van der Waals surface area (Å²) in [5, 5.41) is 8.66. The van der Waals surface area contributed by atoms with Crippen molar-refractivity contribution >= 4 is 11.9 Å². The number of rotatable bonds is 3. The van der Waals surface area contributed by atoms with Crippen LogP contribution in [0.1, 0.15) is 0 Å². The summed E-state index contributed by atoms with van der Waals surface area (Å²) in [6.07, 6.45) is 2.26. The zero-order chi connectivity index (χ0) is 12.3. The Morgan fingerprint density at radius 2 is 1.88 bits per heavy atom. The maximum atomic E-state index is 12.6. The predicted octanol–water partition coefficient (Wildman–Crippen LogP) is -0.178. The SMILES string of the molecule is O=C(O)CN1CCN(c2ncc(F)cn2)CC1. The Hall–Kier alpha value is -1.76. The summed E-state index contributed by atoms with van der Waals surface area (Å²) < 4.78 is 12.6. The molecule has 0 bridgehead atoms. The van der Waals surface area contributed by atoms with Gasteiger partial charge in [0.05, 0.1) is 18.9 Å². The number of hydrogen-bond donors (Lipinski definition) is 1. The van der Waals surface area contributed by atoms with Crippen molar-refractivity contribution < 1.29 is 14.3 Å². The summed E-state index contributed by atoms with van der Waals surface area (Å²) in [4.78, 5) is 22.1. The van der Waals surface area contributed by atoms with Crippen LogP contribution < -0.4 is 4.90 Å². The third kappa shape index (κ3) is 3.10. The zero-order valence-electron chi connectivity index (χ0n) is 9.21. The largest absolute Gasteiger partial charge is 0.480 e. The Morgan fingerprint density at radius 3 is 2.41 bits per heavy atom. The molecule has 1 saturated heterocycles. The topological polar surface area (TPSA) is 69.6 Å². The lowest BCUT2D eigenvalue weighted by atomic mass is 10.3. The number of carboxylic acid groups (broad SMARTS) is 1. The third-order valence-corrected chi connectivity index (χ3v) is 2.62. The van der Waals surface area contributed by atoms with E-state index in [1.807, 2.05) is 9.80 Å². The van der Waals surface area contributed by atoms with Crippen LogP contribution in [0.25, 0.3) is 0 Å². The van der Waals surface area contributed by atoms with E-state index in [0.29, 0.717) is 32.1 Å². The van der Waals surface area contributed by atoms with Crippen molar-refractivity contribution in [1.82, 2.24) is 14.9 Å². The quantitative estimate of drug-likeness (QED) is 0.790. The molecule has 0 saturated carbocycles. The maximum absolute atomic E-state index is 12.6. The van der Waals surface area contributed by atoms with E-state index in [1.54, 1.807) is 0 Å². The summed E-state index contributed by atoms with van der Waals surface area (Å²) in [7, 11) is 0. The van der Waals surface area contributed by atoms with E-state index < -0.39 is 11.8 Å². The molecule has 0 aromatic carbocycles. The van der Waals surface area contributed by atoms with Gasteiger partial charge in [0, 0.05) is 26.2 Å². The molecule has 1 aromatic heterocycles. The van der Waals surface area contributed by atoms with Crippen LogP contribution in [0.5, 0.6) is 0 Å². The maximum Gasteiger partial charge on any atom is 0.317 e. The van der Waals surface area contributed by atoms with E-state index in [9.17, 15) is 9.18 Å². The van der Waals surface area contributed by atoms with Gasteiger partial charge in [0.2, 0.25) is 5.95 Å². The Kier molecular flexibility index (Phi) is 3.48. The van der Waals surface area contributed by atoms with Gasteiger partial charge in [0.25, 0.3) is 0 Å². The summed E-state index contributed by atoms with van der Waals surface area (Å²) in [6.45, 7) is 2.65. The van der Waals surface area contributed by atoms with Crippen molar-refractivity contribution in [3.05, 3.63) is 18.2 Å². The van der Waals surface area contributed by atoms with Gasteiger partial charge in [-0.3, -0.25) is 9.69 Å². The fourth-order valence-electron chi connectivity index (χ4n) is 1.77. The first kappa shape index (κ1) is 11.7. The monoisotopic (exact) mass is 240 g/mol. The van der Waals surface area contributed by atoms with E-state index >= 15 is 0 Å². The van der Waals surface area contributed by atoms with Crippen LogP contribution in [0, 0.1) is 5.82 Å². The third-order valence-electron chi connectivity index (χ3n) is 2.62. The number of piperazine rings is 1. The molecule has 0 spiro atoms. The fourth-order valence-corrected chi connectivity index (χ4v) is 1.77. The van der Waals surface area contributed by atoms with Crippen LogP contribution in [0.3, 0.4) is 0 Å². The number of aromatic nitrogens is 2. The average molecular weight is 240 g/mol. The predicted molar refractivity (Wildman–Crippen MR) is 58.3 cm³/mol. The lowest BCUT2D eigenvalue weighted by Crippen LogP contribution is -2.48. The normalized spacial score (nSPS) is 17.1. The van der Waals surface area contributed by atoms with Crippen molar-refractivity contribution in [3.63, 3.8) is 0 Å². The van der Waals surface area contributed by atoms with Gasteiger partial charge in [-0.05, 0) is 0 Å². The van der Waals surface area contributed by atoms with Crippen molar-refractivity contribution in [2.45, 2.75) is 0 Å². The van der Waals surface area contributed by atoms with Crippen molar-refractivity contribution in [3.8, 4) is 0 Å². The Bertz CT molecular complexity index is 390. The summed E-state index contributed by atoms with van der Waals surface area (Å²) >= 11 is 0. The van der Waals surface area contributed by atoms with Gasteiger partial charge in [-0.2, -0.15) is 0 Å². The standard InChI is InChI=1S/C10H13FN4O2/c11-8-5-12-10(13-6-8)15-3-1-14(2-4-15)7-9(16)17/h5-6H,1-4,7H2,(H,16,17). The molecule has 1 aromatic rings. The molecule has 0 radical (unpaired) electrons. The van der Waals surface area contributed by atoms with Crippen LogP contribution in [0.2, 0.25) is 0 Å². The lowest BCUT2D eigenvalue weighted by molar-refractivity contribution is -0.138. The Balaban J connectivity index is 1.90. The van der Waals surface area contributed by atoms with Crippen molar-refractivity contribution in [1.29, 1.82) is 0 Å². The van der Waals surface area contributed by atoms with E-state index in [-0.39, 0.29) is 6.54 Å². The van der Waals surface area contributed by atoms with E-state index in [0.717, 1.165) is 12.4 Å². The summed E-state index contributed by atoms with van der Waals surface area (Å²) in [6, 6.07) is 0. The fraction of sp³-hybridized carbons (Fsp3) is 0.500. The van der Waals surface area contributed by atoms with Crippen LogP contribution >= 0.6 is 0 Å². The van der Waals surface area contributed by atoms with Gasteiger partial charge >= 0.3 is 5.97 Å². The highest BCUT2D eigenvalue weighted by molar-refractivity contribution is 5.69. The van der Waals surface area contributed by atoms with E-state index in [2.05, 4.69) is 9.97 Å². The number of aliphatic carboxylic acids is 1. The number of carboxylic acids is 1. The molecule has 92 valence electrons. The molecule has 1 aliphatic heterocycles. The smallest absolute Gasteiger partial charge is 0.317 e. The number of anilines is 1. The molecule has 0 atom stereocenters. The second kappa shape index (κ2) is 5.05. The molecule has 2 heterocycles. The van der Waals surface area contributed by atoms with Crippen molar-refractivity contribution in [2.24, 2.45) is 0 Å². The minimum Gasteiger partial charge on any atom is -0.480 e. The zero-order valence-corrected chi connectivity index (χ0v) is 9.21. The minimum absolute atomic E-state index is 0.0537. The van der Waals surface area contributed by atoms with Crippen LogP contribution in [0.15, 0.2) is 12.4 Å². The molecule has 17 heavy (non-hydrogen) atoms.